The van der Waals surface area contributed by atoms with Gasteiger partial charge in [-0.2, -0.15) is 4.31 Å². The molecule has 21 heavy (non-hydrogen) atoms. The van der Waals surface area contributed by atoms with Gasteiger partial charge in [0.1, 0.15) is 6.61 Å². The molecule has 0 spiro atoms. The van der Waals surface area contributed by atoms with Gasteiger partial charge in [0.25, 0.3) is 0 Å². The Kier molecular flexibility index (Phi) is 5.09. The van der Waals surface area contributed by atoms with Crippen molar-refractivity contribution in [2.24, 2.45) is 0 Å². The van der Waals surface area contributed by atoms with E-state index in [4.69, 9.17) is 5.11 Å². The molecule has 0 unspecified atom stereocenters. The number of benzene rings is 1. The molecule has 0 fully saturated rings. The summed E-state index contributed by atoms with van der Waals surface area (Å²) >= 11 is 1.43. The van der Waals surface area contributed by atoms with Crippen LogP contribution >= 0.6 is 11.3 Å². The third kappa shape index (κ3) is 3.89. The van der Waals surface area contributed by atoms with Crippen molar-refractivity contribution in [3.8, 4) is 11.8 Å². The van der Waals surface area contributed by atoms with Crippen molar-refractivity contribution in [3.63, 3.8) is 0 Å². The van der Waals surface area contributed by atoms with Gasteiger partial charge in [-0.3, -0.25) is 0 Å². The Balaban J connectivity index is 2.26. The maximum Gasteiger partial charge on any atom is 0.243 e. The van der Waals surface area contributed by atoms with Crippen molar-refractivity contribution < 1.29 is 13.5 Å². The SMILES string of the molecule is CN(Cc1cscn1)S(=O)(=O)c1cccc(C#CCO)c1. The van der Waals surface area contributed by atoms with Crippen molar-refractivity contribution in [2.75, 3.05) is 13.7 Å². The van der Waals surface area contributed by atoms with Crippen LogP contribution in [0.3, 0.4) is 0 Å². The monoisotopic (exact) mass is 322 g/mol. The maximum atomic E-state index is 12.5. The number of sulfonamides is 1. The molecule has 5 nitrogen and oxygen atoms in total. The highest BCUT2D eigenvalue weighted by Crippen LogP contribution is 2.17. The summed E-state index contributed by atoms with van der Waals surface area (Å²) in [6.45, 7) is -0.0426. The van der Waals surface area contributed by atoms with Crippen molar-refractivity contribution in [3.05, 3.63) is 46.4 Å². The maximum absolute atomic E-state index is 12.5. The molecule has 7 heteroatoms. The summed E-state index contributed by atoms with van der Waals surface area (Å²) in [5.41, 5.74) is 2.93. The average Bonchev–Trinajstić information content (AvgIpc) is 2.98. The summed E-state index contributed by atoms with van der Waals surface area (Å²) in [6.07, 6.45) is 0. The second-order valence-corrected chi connectivity index (χ2v) is 6.99. The zero-order valence-corrected chi connectivity index (χ0v) is 13.0. The Morgan fingerprint density at radius 3 is 2.90 bits per heavy atom. The van der Waals surface area contributed by atoms with E-state index in [1.165, 1.54) is 34.8 Å². The van der Waals surface area contributed by atoms with Crippen LogP contribution < -0.4 is 0 Å². The van der Waals surface area contributed by atoms with Gasteiger partial charge < -0.3 is 5.11 Å². The summed E-state index contributed by atoms with van der Waals surface area (Å²) in [6, 6.07) is 6.35. The normalized spacial score (nSPS) is 11.2. The lowest BCUT2D eigenvalue weighted by molar-refractivity contribution is 0.350. The molecule has 0 saturated carbocycles. The molecular weight excluding hydrogens is 308 g/mol. The second kappa shape index (κ2) is 6.83. The highest BCUT2D eigenvalue weighted by Gasteiger charge is 2.21. The van der Waals surface area contributed by atoms with Crippen LogP contribution in [0.25, 0.3) is 0 Å². The van der Waals surface area contributed by atoms with Gasteiger partial charge in [-0.15, -0.1) is 11.3 Å². The molecule has 2 aromatic rings. The Morgan fingerprint density at radius 2 is 2.24 bits per heavy atom. The first kappa shape index (κ1) is 15.7. The molecule has 1 aromatic heterocycles. The van der Waals surface area contributed by atoms with Crippen molar-refractivity contribution in [1.29, 1.82) is 0 Å². The number of aliphatic hydroxyl groups is 1. The molecule has 1 aromatic carbocycles. The van der Waals surface area contributed by atoms with Crippen LogP contribution in [0.4, 0.5) is 0 Å². The third-order valence-electron chi connectivity index (χ3n) is 2.72. The summed E-state index contributed by atoms with van der Waals surface area (Å²) < 4.78 is 26.2. The molecular formula is C14H14N2O3S2. The van der Waals surface area contributed by atoms with E-state index in [0.717, 1.165) is 0 Å². The van der Waals surface area contributed by atoms with Gasteiger partial charge in [0, 0.05) is 18.0 Å². The Hall–Kier alpha value is -1.72. The van der Waals surface area contributed by atoms with E-state index < -0.39 is 10.0 Å². The highest BCUT2D eigenvalue weighted by atomic mass is 32.2. The first-order valence-electron chi connectivity index (χ1n) is 6.07. The first-order valence-corrected chi connectivity index (χ1v) is 8.45. The lowest BCUT2D eigenvalue weighted by Crippen LogP contribution is -2.26. The quantitative estimate of drug-likeness (QED) is 0.862. The van der Waals surface area contributed by atoms with E-state index in [9.17, 15) is 8.42 Å². The van der Waals surface area contributed by atoms with E-state index in [-0.39, 0.29) is 18.0 Å². The molecule has 0 aliphatic heterocycles. The highest BCUT2D eigenvalue weighted by molar-refractivity contribution is 7.89. The minimum atomic E-state index is -3.59. The Morgan fingerprint density at radius 1 is 1.43 bits per heavy atom. The molecule has 110 valence electrons. The number of hydrogen-bond acceptors (Lipinski definition) is 5. The topological polar surface area (TPSA) is 70.5 Å². The van der Waals surface area contributed by atoms with Gasteiger partial charge in [-0.25, -0.2) is 13.4 Å². The van der Waals surface area contributed by atoms with Gasteiger partial charge >= 0.3 is 0 Å². The first-order chi connectivity index (χ1) is 10.0. The van der Waals surface area contributed by atoms with E-state index in [1.54, 1.807) is 17.6 Å². The molecule has 0 saturated heterocycles. The van der Waals surface area contributed by atoms with Crippen LogP contribution in [-0.4, -0.2) is 36.5 Å². The number of thiazole rings is 1. The smallest absolute Gasteiger partial charge is 0.243 e. The van der Waals surface area contributed by atoms with Crippen molar-refractivity contribution in [1.82, 2.24) is 9.29 Å². The zero-order valence-electron chi connectivity index (χ0n) is 11.4. The zero-order chi connectivity index (χ0) is 15.3. The Labute approximate surface area is 127 Å². The van der Waals surface area contributed by atoms with Crippen molar-refractivity contribution >= 4 is 21.4 Å². The van der Waals surface area contributed by atoms with E-state index >= 15 is 0 Å². The summed E-state index contributed by atoms with van der Waals surface area (Å²) in [5, 5.41) is 10.5. The molecule has 0 atom stereocenters. The van der Waals surface area contributed by atoms with Crippen LogP contribution in [0.2, 0.25) is 0 Å². The van der Waals surface area contributed by atoms with Gasteiger partial charge in [-0.1, -0.05) is 17.9 Å². The molecule has 0 amide bonds. The fraction of sp³-hybridized carbons (Fsp3) is 0.214. The predicted octanol–water partition coefficient (Wildman–Crippen LogP) is 1.31. The Bertz CT molecular complexity index is 759. The minimum Gasteiger partial charge on any atom is -0.384 e. The largest absolute Gasteiger partial charge is 0.384 e. The number of aliphatic hydroxyl groups excluding tert-OH is 1. The summed E-state index contributed by atoms with van der Waals surface area (Å²) in [7, 11) is -2.08. The fourth-order valence-corrected chi connectivity index (χ4v) is 3.42. The van der Waals surface area contributed by atoms with Gasteiger partial charge in [0.15, 0.2) is 0 Å². The van der Waals surface area contributed by atoms with Crippen LogP contribution in [0.5, 0.6) is 0 Å². The van der Waals surface area contributed by atoms with Crippen LogP contribution in [0.1, 0.15) is 11.3 Å². The molecule has 0 bridgehead atoms. The number of hydrogen-bond donors (Lipinski definition) is 1. The lowest BCUT2D eigenvalue weighted by atomic mass is 10.2. The fourth-order valence-electron chi connectivity index (χ4n) is 1.68. The predicted molar refractivity (Wildman–Crippen MR) is 81.2 cm³/mol. The average molecular weight is 322 g/mol. The van der Waals surface area contributed by atoms with Crippen LogP contribution in [0.15, 0.2) is 40.1 Å². The van der Waals surface area contributed by atoms with Crippen LogP contribution in [0, 0.1) is 11.8 Å². The molecule has 0 radical (unpaired) electrons. The van der Waals surface area contributed by atoms with Crippen LogP contribution in [-0.2, 0) is 16.6 Å². The lowest BCUT2D eigenvalue weighted by Gasteiger charge is -2.16. The van der Waals surface area contributed by atoms with E-state index in [1.807, 2.05) is 5.38 Å². The molecule has 0 aliphatic rings. The number of aromatic nitrogens is 1. The van der Waals surface area contributed by atoms with Gasteiger partial charge in [0.2, 0.25) is 10.0 Å². The number of nitrogens with zero attached hydrogens (tertiary/aromatic N) is 2. The van der Waals surface area contributed by atoms with Gasteiger partial charge in [-0.05, 0) is 18.2 Å². The standard InChI is InChI=1S/C14H14N2O3S2/c1-16(9-13-10-20-11-15-13)21(18,19)14-6-2-4-12(8-14)5-3-7-17/h2,4,6,8,10-11,17H,7,9H2,1H3. The summed E-state index contributed by atoms with van der Waals surface area (Å²) in [4.78, 5) is 4.26. The molecule has 2 rings (SSSR count). The molecule has 1 N–H and O–H groups in total. The van der Waals surface area contributed by atoms with E-state index in [2.05, 4.69) is 16.8 Å². The molecule has 1 heterocycles. The minimum absolute atomic E-state index is 0.171. The van der Waals surface area contributed by atoms with E-state index in [0.29, 0.717) is 11.3 Å². The third-order valence-corrected chi connectivity index (χ3v) is 5.16. The van der Waals surface area contributed by atoms with Gasteiger partial charge in [0.05, 0.1) is 22.6 Å². The molecule has 0 aliphatic carbocycles. The summed E-state index contributed by atoms with van der Waals surface area (Å²) in [5.74, 6) is 5.19. The number of rotatable bonds is 4. The van der Waals surface area contributed by atoms with Crippen molar-refractivity contribution in [2.45, 2.75) is 11.4 Å². The second-order valence-electron chi connectivity index (χ2n) is 4.23.